The monoisotopic (exact) mass is 303 g/mol. The van der Waals surface area contributed by atoms with Crippen molar-refractivity contribution in [3.63, 3.8) is 0 Å². The molecule has 0 atom stereocenters. The van der Waals surface area contributed by atoms with E-state index in [-0.39, 0.29) is 0 Å². The summed E-state index contributed by atoms with van der Waals surface area (Å²) in [5.41, 5.74) is 8.56. The number of imidazole rings is 1. The summed E-state index contributed by atoms with van der Waals surface area (Å²) < 4.78 is 2.19. The van der Waals surface area contributed by atoms with Gasteiger partial charge in [0, 0.05) is 12.1 Å². The normalized spacial score (nSPS) is 11.0. The number of anilines is 1. The van der Waals surface area contributed by atoms with Crippen LogP contribution in [0.15, 0.2) is 30.3 Å². The molecule has 1 aromatic carbocycles. The van der Waals surface area contributed by atoms with E-state index in [0.29, 0.717) is 0 Å². The Labute approximate surface area is 132 Å². The van der Waals surface area contributed by atoms with Crippen LogP contribution in [0.3, 0.4) is 0 Å². The van der Waals surface area contributed by atoms with Crippen LogP contribution in [0.5, 0.6) is 0 Å². The first kappa shape index (κ1) is 16.0. The van der Waals surface area contributed by atoms with Crippen LogP contribution in [0.25, 0.3) is 11.4 Å². The van der Waals surface area contributed by atoms with Crippen LogP contribution in [0.1, 0.15) is 31.9 Å². The zero-order valence-corrected chi connectivity index (χ0v) is 13.8. The number of hydrogen-bond donors (Lipinski definition) is 1. The Kier molecular flexibility index (Phi) is 6.18. The van der Waals surface area contributed by atoms with Crippen molar-refractivity contribution in [2.45, 2.75) is 39.2 Å². The van der Waals surface area contributed by atoms with Gasteiger partial charge in [0.05, 0.1) is 5.69 Å². The summed E-state index contributed by atoms with van der Waals surface area (Å²) in [6.07, 6.45) is 6.52. The molecule has 0 spiro atoms. The summed E-state index contributed by atoms with van der Waals surface area (Å²) in [6.45, 7) is 3.15. The predicted octanol–water partition coefficient (Wildman–Crippen LogP) is 4.23. The van der Waals surface area contributed by atoms with Gasteiger partial charge in [0.25, 0.3) is 0 Å². The fourth-order valence-corrected chi connectivity index (χ4v) is 2.87. The maximum absolute atomic E-state index is 6.36. The van der Waals surface area contributed by atoms with E-state index < -0.39 is 0 Å². The van der Waals surface area contributed by atoms with E-state index in [4.69, 9.17) is 10.7 Å². The van der Waals surface area contributed by atoms with E-state index in [1.165, 1.54) is 0 Å². The topological polar surface area (TPSA) is 43.8 Å². The first-order valence-electron chi connectivity index (χ1n) is 7.67. The van der Waals surface area contributed by atoms with Crippen LogP contribution in [0, 0.1) is 0 Å². The highest BCUT2D eigenvalue weighted by Gasteiger charge is 2.15. The van der Waals surface area contributed by atoms with Gasteiger partial charge in [-0.05, 0) is 31.3 Å². The van der Waals surface area contributed by atoms with Crippen molar-refractivity contribution < 1.29 is 0 Å². The molecule has 0 saturated heterocycles. The number of benzene rings is 1. The number of nitrogen functional groups attached to an aromatic ring is 1. The first-order chi connectivity index (χ1) is 10.3. The van der Waals surface area contributed by atoms with Crippen molar-refractivity contribution in [3.8, 4) is 11.4 Å². The molecule has 0 saturated carbocycles. The predicted molar refractivity (Wildman–Crippen MR) is 93.7 cm³/mol. The number of aryl methyl sites for hydroxylation is 1. The van der Waals surface area contributed by atoms with Gasteiger partial charge in [0.2, 0.25) is 0 Å². The molecule has 21 heavy (non-hydrogen) atoms. The second-order valence-corrected chi connectivity index (χ2v) is 6.22. The standard InChI is InChI=1S/C17H25N3S/c1-3-4-12-20-16(18)15(11-8-13-21-2)19-17(20)14-9-6-5-7-10-14/h5-7,9-10H,3-4,8,11-13,18H2,1-2H3. The molecule has 1 aromatic heterocycles. The van der Waals surface area contributed by atoms with Crippen LogP contribution in [-0.2, 0) is 13.0 Å². The zero-order chi connectivity index (χ0) is 15.1. The second-order valence-electron chi connectivity index (χ2n) is 5.23. The third kappa shape index (κ3) is 4.03. The number of nitrogens with two attached hydrogens (primary N) is 1. The molecule has 0 fully saturated rings. The number of thioether (sulfide) groups is 1. The molecule has 0 bridgehead atoms. The van der Waals surface area contributed by atoms with E-state index in [2.05, 4.69) is 42.0 Å². The molecule has 3 nitrogen and oxygen atoms in total. The number of unbranched alkanes of at least 4 members (excludes halogenated alkanes) is 1. The van der Waals surface area contributed by atoms with Gasteiger partial charge in [-0.3, -0.25) is 0 Å². The number of aromatic nitrogens is 2. The summed E-state index contributed by atoms with van der Waals surface area (Å²) in [7, 11) is 0. The van der Waals surface area contributed by atoms with Crippen LogP contribution in [0.4, 0.5) is 5.82 Å². The molecular formula is C17H25N3S. The van der Waals surface area contributed by atoms with E-state index in [9.17, 15) is 0 Å². The minimum Gasteiger partial charge on any atom is -0.384 e. The largest absolute Gasteiger partial charge is 0.384 e. The fourth-order valence-electron chi connectivity index (χ4n) is 2.43. The van der Waals surface area contributed by atoms with Gasteiger partial charge in [-0.15, -0.1) is 0 Å². The number of nitrogens with zero attached hydrogens (tertiary/aromatic N) is 2. The zero-order valence-electron chi connectivity index (χ0n) is 13.0. The molecule has 114 valence electrons. The summed E-state index contributed by atoms with van der Waals surface area (Å²) in [5, 5.41) is 0. The van der Waals surface area contributed by atoms with Crippen LogP contribution in [-0.4, -0.2) is 21.6 Å². The average molecular weight is 303 g/mol. The lowest BCUT2D eigenvalue weighted by atomic mass is 10.2. The molecule has 1 heterocycles. The van der Waals surface area contributed by atoms with Crippen molar-refractivity contribution in [3.05, 3.63) is 36.0 Å². The quantitative estimate of drug-likeness (QED) is 0.742. The molecule has 2 rings (SSSR count). The summed E-state index contributed by atoms with van der Waals surface area (Å²) >= 11 is 1.87. The van der Waals surface area contributed by atoms with Crippen molar-refractivity contribution >= 4 is 17.6 Å². The Balaban J connectivity index is 2.30. The van der Waals surface area contributed by atoms with Crippen LogP contribution < -0.4 is 5.73 Å². The van der Waals surface area contributed by atoms with E-state index in [0.717, 1.165) is 60.9 Å². The Morgan fingerprint density at radius 2 is 1.95 bits per heavy atom. The van der Waals surface area contributed by atoms with Gasteiger partial charge >= 0.3 is 0 Å². The third-order valence-electron chi connectivity index (χ3n) is 3.61. The Bertz CT molecular complexity index is 549. The second kappa shape index (κ2) is 8.13. The molecule has 0 radical (unpaired) electrons. The molecule has 0 aliphatic carbocycles. The summed E-state index contributed by atoms with van der Waals surface area (Å²) in [6, 6.07) is 10.4. The molecular weight excluding hydrogens is 278 g/mol. The van der Waals surface area contributed by atoms with Crippen molar-refractivity contribution in [1.29, 1.82) is 0 Å². The Morgan fingerprint density at radius 1 is 1.19 bits per heavy atom. The molecule has 2 N–H and O–H groups in total. The summed E-state index contributed by atoms with van der Waals surface area (Å²) in [5.74, 6) is 3.02. The molecule has 0 unspecified atom stereocenters. The maximum Gasteiger partial charge on any atom is 0.141 e. The van der Waals surface area contributed by atoms with Crippen molar-refractivity contribution in [1.82, 2.24) is 9.55 Å². The Morgan fingerprint density at radius 3 is 2.62 bits per heavy atom. The molecule has 0 amide bonds. The lowest BCUT2D eigenvalue weighted by Gasteiger charge is -2.09. The smallest absolute Gasteiger partial charge is 0.141 e. The van der Waals surface area contributed by atoms with Gasteiger partial charge in [0.1, 0.15) is 11.6 Å². The number of rotatable bonds is 8. The Hall–Kier alpha value is -1.42. The third-order valence-corrected chi connectivity index (χ3v) is 4.31. The lowest BCUT2D eigenvalue weighted by Crippen LogP contribution is -2.05. The minimum absolute atomic E-state index is 0.850. The highest BCUT2D eigenvalue weighted by Crippen LogP contribution is 2.26. The minimum atomic E-state index is 0.850. The SMILES string of the molecule is CCCCn1c(-c2ccccc2)nc(CCCSC)c1N. The van der Waals surface area contributed by atoms with Crippen LogP contribution in [0.2, 0.25) is 0 Å². The van der Waals surface area contributed by atoms with E-state index in [1.54, 1.807) is 0 Å². The molecule has 4 heteroatoms. The van der Waals surface area contributed by atoms with Gasteiger partial charge in [-0.1, -0.05) is 43.7 Å². The van der Waals surface area contributed by atoms with Gasteiger partial charge in [-0.2, -0.15) is 11.8 Å². The molecule has 0 aliphatic rings. The lowest BCUT2D eigenvalue weighted by molar-refractivity contribution is 0.642. The van der Waals surface area contributed by atoms with Gasteiger partial charge in [-0.25, -0.2) is 4.98 Å². The maximum atomic E-state index is 6.36. The number of hydrogen-bond acceptors (Lipinski definition) is 3. The van der Waals surface area contributed by atoms with Crippen molar-refractivity contribution in [2.24, 2.45) is 0 Å². The average Bonchev–Trinajstić information content (AvgIpc) is 2.83. The van der Waals surface area contributed by atoms with Gasteiger partial charge in [0.15, 0.2) is 0 Å². The molecule has 2 aromatic rings. The van der Waals surface area contributed by atoms with E-state index in [1.807, 2.05) is 17.8 Å². The fraction of sp³-hybridized carbons (Fsp3) is 0.471. The highest BCUT2D eigenvalue weighted by molar-refractivity contribution is 7.98. The van der Waals surface area contributed by atoms with Gasteiger partial charge < -0.3 is 10.3 Å². The summed E-state index contributed by atoms with van der Waals surface area (Å²) in [4.78, 5) is 4.83. The van der Waals surface area contributed by atoms with Crippen LogP contribution >= 0.6 is 11.8 Å². The first-order valence-corrected chi connectivity index (χ1v) is 9.06. The highest BCUT2D eigenvalue weighted by atomic mass is 32.2. The van der Waals surface area contributed by atoms with Crippen molar-refractivity contribution in [2.75, 3.05) is 17.7 Å². The molecule has 0 aliphatic heterocycles. The van der Waals surface area contributed by atoms with E-state index >= 15 is 0 Å².